The number of hydrogen-bond acceptors (Lipinski definition) is 15. The molecule has 21 heteroatoms. The molecule has 1 amide bonds. The van der Waals surface area contributed by atoms with E-state index in [0.717, 1.165) is 44.9 Å². The number of nitrogens with zero attached hydrogens (tertiary/aromatic N) is 2. The Hall–Kier alpha value is -8.44. The van der Waals surface area contributed by atoms with E-state index in [4.69, 9.17) is 14.7 Å². The van der Waals surface area contributed by atoms with Crippen molar-refractivity contribution in [1.29, 1.82) is 0 Å². The number of carbonyl (C=O) groups excluding carboxylic acids is 3. The van der Waals surface area contributed by atoms with Crippen LogP contribution < -0.4 is 5.32 Å². The molecule has 2 aliphatic heterocycles. The Kier molecular flexibility index (Phi) is 14.6. The third-order valence-corrected chi connectivity index (χ3v) is 21.8. The summed E-state index contributed by atoms with van der Waals surface area (Å²) in [5, 5.41) is 2.94. The van der Waals surface area contributed by atoms with Crippen molar-refractivity contribution in [2.75, 3.05) is 5.32 Å². The molecule has 7 aromatic rings. The number of esters is 1. The number of aromatic nitrogens is 4. The minimum Gasteiger partial charge on any atom is -0.744 e. The molecule has 450 valence electrons. The Labute approximate surface area is 508 Å². The van der Waals surface area contributed by atoms with Gasteiger partial charge >= 0.3 is 5.97 Å². The number of ether oxygens (including phenoxy) is 1. The maximum atomic E-state index is 13.6. The van der Waals surface area contributed by atoms with Crippen molar-refractivity contribution in [1.82, 2.24) is 19.9 Å². The maximum Gasteiger partial charge on any atom is 0.306 e. The van der Waals surface area contributed by atoms with Crippen LogP contribution >= 0.6 is 0 Å². The minimum atomic E-state index is -4.82. The van der Waals surface area contributed by atoms with Crippen LogP contribution in [0.25, 0.3) is 90.9 Å². The molecular formula is C67H58N5O13S3-3. The van der Waals surface area contributed by atoms with Gasteiger partial charge in [0.15, 0.2) is 5.78 Å². The van der Waals surface area contributed by atoms with Crippen LogP contribution in [0.4, 0.5) is 5.69 Å². The van der Waals surface area contributed by atoms with Crippen LogP contribution in [0.5, 0.6) is 0 Å². The molecule has 6 aliphatic rings. The lowest BCUT2D eigenvalue weighted by molar-refractivity contribution is -0.160. The molecule has 6 atom stereocenters. The summed E-state index contributed by atoms with van der Waals surface area (Å²) in [5.41, 5.74) is 9.47. The molecule has 5 heterocycles. The largest absolute Gasteiger partial charge is 0.744 e. The third-order valence-electron chi connectivity index (χ3n) is 19.2. The van der Waals surface area contributed by atoms with Crippen molar-refractivity contribution in [3.05, 3.63) is 156 Å². The summed E-state index contributed by atoms with van der Waals surface area (Å²) in [4.78, 5) is 55.6. The van der Waals surface area contributed by atoms with Crippen LogP contribution in [0.15, 0.2) is 148 Å². The van der Waals surface area contributed by atoms with Crippen LogP contribution in [-0.2, 0) is 49.5 Å². The lowest BCUT2D eigenvalue weighted by Gasteiger charge is -2.57. The highest BCUT2D eigenvalue weighted by atomic mass is 32.2. The van der Waals surface area contributed by atoms with Crippen LogP contribution in [0, 0.1) is 28.6 Å². The van der Waals surface area contributed by atoms with Crippen molar-refractivity contribution in [2.24, 2.45) is 28.6 Å². The van der Waals surface area contributed by atoms with Gasteiger partial charge in [0.2, 0.25) is 5.91 Å². The predicted octanol–water partition coefficient (Wildman–Crippen LogP) is 12.2. The smallest absolute Gasteiger partial charge is 0.306 e. The van der Waals surface area contributed by atoms with Crippen LogP contribution in [0.2, 0.25) is 0 Å². The first kappa shape index (κ1) is 58.6. The highest BCUT2D eigenvalue weighted by molar-refractivity contribution is 7.86. The van der Waals surface area contributed by atoms with Crippen molar-refractivity contribution in [3.8, 4) is 44.5 Å². The van der Waals surface area contributed by atoms with Gasteiger partial charge in [-0.15, -0.1) is 0 Å². The minimum absolute atomic E-state index is 0.0449. The molecule has 88 heavy (non-hydrogen) atoms. The molecule has 4 aliphatic carbocycles. The van der Waals surface area contributed by atoms with Gasteiger partial charge in [0.1, 0.15) is 36.5 Å². The summed E-state index contributed by atoms with van der Waals surface area (Å²) in [6.45, 7) is 4.63. The van der Waals surface area contributed by atoms with Gasteiger partial charge in [-0.05, 0) is 194 Å². The zero-order valence-electron chi connectivity index (χ0n) is 47.7. The van der Waals surface area contributed by atoms with Crippen molar-refractivity contribution < 1.29 is 58.0 Å². The van der Waals surface area contributed by atoms with E-state index in [1.165, 1.54) is 78.4 Å². The van der Waals surface area contributed by atoms with Gasteiger partial charge in [-0.1, -0.05) is 68.0 Å². The molecule has 0 saturated heterocycles. The normalized spacial score (nSPS) is 22.3. The van der Waals surface area contributed by atoms with E-state index in [9.17, 15) is 53.3 Å². The Bertz CT molecular complexity index is 4630. The van der Waals surface area contributed by atoms with E-state index < -0.39 is 51.0 Å². The molecule has 0 radical (unpaired) electrons. The molecule has 3 saturated carbocycles. The van der Waals surface area contributed by atoms with E-state index in [1.54, 1.807) is 48.6 Å². The SMILES string of the molecule is C[C@]12CC[C@H]3[C@@H](CCC4=CC(=O)CC[C@@]43C)[C@@H]1CC[C@@H]2OC(=O)CCC(=O)Nc1ccc(-c2c3nc(c(-c4ccc(S(=O)(=O)[O-])cc4)c4ccc([nH]4)c(-c4ccc(S(=O)(=O)[O-])cc4)c4nc(c(-c5ccc(S(=O)(=O)[O-])cc5)c5ccc2[nH]5)C=C4)C=C3)cc1. The van der Waals surface area contributed by atoms with E-state index >= 15 is 0 Å². The summed E-state index contributed by atoms with van der Waals surface area (Å²) in [6, 6.07) is 30.5. The van der Waals surface area contributed by atoms with E-state index in [-0.39, 0.29) is 41.5 Å². The lowest BCUT2D eigenvalue weighted by atomic mass is 9.47. The number of carbonyl (C=O) groups is 3. The lowest BCUT2D eigenvalue weighted by Crippen LogP contribution is -2.51. The molecule has 4 aromatic carbocycles. The van der Waals surface area contributed by atoms with Gasteiger partial charge in [0.05, 0.1) is 43.9 Å². The molecule has 3 fully saturated rings. The fraction of sp³-hybridized carbons (Fsp3) is 0.269. The number of aromatic amines is 2. The molecule has 13 rings (SSSR count). The van der Waals surface area contributed by atoms with Gasteiger partial charge in [0, 0.05) is 68.3 Å². The van der Waals surface area contributed by atoms with Gasteiger partial charge in [-0.3, -0.25) is 14.4 Å². The second-order valence-corrected chi connectivity index (χ2v) is 28.3. The summed E-state index contributed by atoms with van der Waals surface area (Å²) in [6.07, 6.45) is 15.8. The quantitative estimate of drug-likeness (QED) is 0.0756. The topological polar surface area (TPSA) is 301 Å². The predicted molar refractivity (Wildman–Crippen MR) is 329 cm³/mol. The zero-order valence-corrected chi connectivity index (χ0v) is 50.2. The number of fused-ring (bicyclic) bond motifs is 13. The van der Waals surface area contributed by atoms with Gasteiger partial charge < -0.3 is 33.7 Å². The molecule has 8 bridgehead atoms. The Balaban J connectivity index is 0.856. The molecule has 0 spiro atoms. The average Bonchev–Trinajstić information content (AvgIpc) is 1.26. The van der Waals surface area contributed by atoms with E-state index in [2.05, 4.69) is 29.1 Å². The second-order valence-electron chi connectivity index (χ2n) is 24.1. The number of allylic oxidation sites excluding steroid dienone is 1. The summed E-state index contributed by atoms with van der Waals surface area (Å²) >= 11 is 0. The number of amides is 1. The number of H-pyrrole nitrogens is 2. The maximum absolute atomic E-state index is 13.6. The first-order valence-corrected chi connectivity index (χ1v) is 33.3. The van der Waals surface area contributed by atoms with Crippen molar-refractivity contribution in [2.45, 2.75) is 98.8 Å². The molecule has 3 aromatic heterocycles. The highest BCUT2D eigenvalue weighted by Crippen LogP contribution is 2.65. The van der Waals surface area contributed by atoms with Crippen LogP contribution in [0.3, 0.4) is 0 Å². The second kappa shape index (κ2) is 22.0. The molecule has 18 nitrogen and oxygen atoms in total. The zero-order chi connectivity index (χ0) is 61.7. The van der Waals surface area contributed by atoms with E-state index in [0.29, 0.717) is 119 Å². The van der Waals surface area contributed by atoms with E-state index in [1.807, 2.05) is 30.3 Å². The third kappa shape index (κ3) is 10.9. The first-order chi connectivity index (χ1) is 41.9. The van der Waals surface area contributed by atoms with Crippen LogP contribution in [-0.4, -0.2) is 82.6 Å². The van der Waals surface area contributed by atoms with Crippen LogP contribution in [0.1, 0.15) is 101 Å². The monoisotopic (exact) mass is 1240 g/mol. The summed E-state index contributed by atoms with van der Waals surface area (Å²) < 4.78 is 115. The Morgan fingerprint density at radius 3 is 1.38 bits per heavy atom. The standard InChI is InChI=1S/C67H61N5O13S3/c1-66-35-33-44(73)37-42(66)11-20-48-49-21-30-59(67(49,2)36-34-50(48)66)85-61(75)32-31-60(74)68-43-12-3-38(4-13-43)62-51-22-24-53(69-51)63(39-5-14-45(15-6-39)86(76,77)78)55-26-28-57(71-55)65(41-9-18-47(19-10-41)88(82,83)84)58-29-27-56(72-58)64(54-25-23-52(62)70-54)40-7-16-46(17-8-40)87(79,80)81/h3-10,12-19,22-29,37,48-50,59,69,72H,11,20-21,30-36H2,1-2H3,(H,68,74)(H,76,77,78)(H,79,80,81)(H,82,83,84)/p-3/t48-,49-,50-,59-,66-,67-/m0/s1. The summed E-state index contributed by atoms with van der Waals surface area (Å²) in [5.74, 6) is 0.909. The number of rotatable bonds is 12. The Morgan fingerprint density at radius 1 is 0.534 bits per heavy atom. The highest BCUT2D eigenvalue weighted by Gasteiger charge is 2.60. The fourth-order valence-electron chi connectivity index (χ4n) is 14.9. The number of anilines is 1. The number of benzene rings is 4. The average molecular weight is 1240 g/mol. The van der Waals surface area contributed by atoms with Gasteiger partial charge in [-0.2, -0.15) is 0 Å². The number of ketones is 1. The molecular weight excluding hydrogens is 1180 g/mol. The summed E-state index contributed by atoms with van der Waals surface area (Å²) in [7, 11) is -14.5. The van der Waals surface area contributed by atoms with Crippen molar-refractivity contribution >= 4 is 100 Å². The first-order valence-electron chi connectivity index (χ1n) is 29.1. The Morgan fingerprint density at radius 2 is 0.955 bits per heavy atom. The molecule has 3 N–H and O–H groups in total. The number of nitrogens with one attached hydrogen (secondary N) is 3. The van der Waals surface area contributed by atoms with Gasteiger partial charge in [-0.25, -0.2) is 35.2 Å². The van der Waals surface area contributed by atoms with Crippen molar-refractivity contribution in [3.63, 3.8) is 0 Å². The fourth-order valence-corrected chi connectivity index (χ4v) is 16.3. The number of hydrogen-bond donors (Lipinski definition) is 3. The molecule has 0 unspecified atom stereocenters. The van der Waals surface area contributed by atoms with Gasteiger partial charge in [0.25, 0.3) is 0 Å².